The summed E-state index contributed by atoms with van der Waals surface area (Å²) < 4.78 is 4.27. The second-order valence-corrected chi connectivity index (χ2v) is 7.50. The molecule has 1 aliphatic rings. The number of aromatic nitrogens is 4. The molecular weight excluding hydrogens is 334 g/mol. The van der Waals surface area contributed by atoms with Crippen LogP contribution in [0.25, 0.3) is 5.69 Å². The van der Waals surface area contributed by atoms with Crippen molar-refractivity contribution in [3.63, 3.8) is 0 Å². The normalized spacial score (nSPS) is 16.0. The van der Waals surface area contributed by atoms with Crippen molar-refractivity contribution in [1.29, 1.82) is 0 Å². The van der Waals surface area contributed by atoms with E-state index in [0.717, 1.165) is 31.9 Å². The molecule has 2 aromatic heterocycles. The summed E-state index contributed by atoms with van der Waals surface area (Å²) in [5.41, 5.74) is 2.48. The number of piperidine rings is 1. The van der Waals surface area contributed by atoms with E-state index in [1.54, 1.807) is 0 Å². The van der Waals surface area contributed by atoms with E-state index in [-0.39, 0.29) is 0 Å². The molecule has 3 heterocycles. The standard InChI is InChI=1S/C22H29N5/c1-2-3-13-26-17-12-23-22(26)20-9-15-25(16-10-20)18-19-5-7-21(8-6-19)27-14-4-11-24-27/h4-8,11-12,14,17,20H,2-3,9-10,13,15-16,18H2,1H3. The summed E-state index contributed by atoms with van der Waals surface area (Å²) in [5.74, 6) is 1.90. The van der Waals surface area contributed by atoms with Gasteiger partial charge in [0, 0.05) is 43.8 Å². The Bertz CT molecular complexity index is 811. The SMILES string of the molecule is CCCCn1ccnc1C1CCN(Cc2ccc(-n3cccn3)cc2)CC1. The maximum atomic E-state index is 4.67. The van der Waals surface area contributed by atoms with Crippen molar-refractivity contribution in [2.45, 2.75) is 51.6 Å². The fourth-order valence-corrected chi connectivity index (χ4v) is 3.98. The number of nitrogens with zero attached hydrogens (tertiary/aromatic N) is 5. The average molecular weight is 364 g/mol. The molecule has 4 rings (SSSR count). The van der Waals surface area contributed by atoms with Gasteiger partial charge in [0.1, 0.15) is 5.82 Å². The van der Waals surface area contributed by atoms with E-state index in [0.29, 0.717) is 5.92 Å². The van der Waals surface area contributed by atoms with Crippen LogP contribution in [0.3, 0.4) is 0 Å². The molecule has 0 atom stereocenters. The van der Waals surface area contributed by atoms with Gasteiger partial charge in [-0.15, -0.1) is 0 Å². The van der Waals surface area contributed by atoms with Crippen LogP contribution in [0.4, 0.5) is 0 Å². The quantitative estimate of drug-likeness (QED) is 0.630. The Balaban J connectivity index is 1.31. The number of aryl methyl sites for hydroxylation is 1. The molecule has 27 heavy (non-hydrogen) atoms. The van der Waals surface area contributed by atoms with Crippen LogP contribution in [0, 0.1) is 0 Å². The molecule has 0 bridgehead atoms. The second-order valence-electron chi connectivity index (χ2n) is 7.50. The molecule has 5 nitrogen and oxygen atoms in total. The van der Waals surface area contributed by atoms with E-state index in [1.165, 1.54) is 37.1 Å². The molecule has 1 aromatic carbocycles. The average Bonchev–Trinajstić information content (AvgIpc) is 3.40. The van der Waals surface area contributed by atoms with Crippen LogP contribution in [0.5, 0.6) is 0 Å². The molecule has 142 valence electrons. The van der Waals surface area contributed by atoms with Crippen LogP contribution in [-0.2, 0) is 13.1 Å². The highest BCUT2D eigenvalue weighted by molar-refractivity contribution is 5.33. The van der Waals surface area contributed by atoms with Gasteiger partial charge in [-0.05, 0) is 56.1 Å². The summed E-state index contributed by atoms with van der Waals surface area (Å²) in [6.07, 6.45) is 12.8. The second kappa shape index (κ2) is 8.53. The Labute approximate surface area is 161 Å². The molecule has 1 aliphatic heterocycles. The Kier molecular flexibility index (Phi) is 5.68. The van der Waals surface area contributed by atoms with E-state index >= 15 is 0 Å². The molecule has 0 amide bonds. The smallest absolute Gasteiger partial charge is 0.111 e. The van der Waals surface area contributed by atoms with Crippen molar-refractivity contribution in [3.05, 3.63) is 66.5 Å². The van der Waals surface area contributed by atoms with Crippen molar-refractivity contribution < 1.29 is 0 Å². The van der Waals surface area contributed by atoms with Gasteiger partial charge in [-0.3, -0.25) is 4.90 Å². The van der Waals surface area contributed by atoms with Crippen LogP contribution in [-0.4, -0.2) is 37.3 Å². The number of hydrogen-bond donors (Lipinski definition) is 0. The molecule has 0 unspecified atom stereocenters. The van der Waals surface area contributed by atoms with Gasteiger partial charge in [0.25, 0.3) is 0 Å². The number of benzene rings is 1. The highest BCUT2D eigenvalue weighted by Crippen LogP contribution is 2.28. The zero-order valence-corrected chi connectivity index (χ0v) is 16.2. The molecule has 1 fully saturated rings. The van der Waals surface area contributed by atoms with Crippen LogP contribution in [0.2, 0.25) is 0 Å². The van der Waals surface area contributed by atoms with E-state index < -0.39 is 0 Å². The van der Waals surface area contributed by atoms with Gasteiger partial charge in [0.15, 0.2) is 0 Å². The summed E-state index contributed by atoms with van der Waals surface area (Å²) in [6.45, 7) is 6.67. The first kappa shape index (κ1) is 18.0. The lowest BCUT2D eigenvalue weighted by Gasteiger charge is -2.32. The van der Waals surface area contributed by atoms with Crippen molar-refractivity contribution in [2.24, 2.45) is 0 Å². The molecule has 5 heteroatoms. The highest BCUT2D eigenvalue weighted by Gasteiger charge is 2.23. The third kappa shape index (κ3) is 4.30. The Morgan fingerprint density at radius 1 is 1.04 bits per heavy atom. The van der Waals surface area contributed by atoms with Crippen molar-refractivity contribution in [3.8, 4) is 5.69 Å². The molecule has 3 aromatic rings. The van der Waals surface area contributed by atoms with Crippen molar-refractivity contribution >= 4 is 0 Å². The number of hydrogen-bond acceptors (Lipinski definition) is 3. The summed E-state index contributed by atoms with van der Waals surface area (Å²) in [5, 5.41) is 4.29. The number of imidazole rings is 1. The maximum absolute atomic E-state index is 4.67. The molecule has 0 N–H and O–H groups in total. The summed E-state index contributed by atoms with van der Waals surface area (Å²) in [4.78, 5) is 7.24. The highest BCUT2D eigenvalue weighted by atomic mass is 15.3. The van der Waals surface area contributed by atoms with E-state index in [2.05, 4.69) is 56.9 Å². The van der Waals surface area contributed by atoms with Gasteiger partial charge in [-0.2, -0.15) is 5.10 Å². The lowest BCUT2D eigenvalue weighted by atomic mass is 9.95. The molecule has 0 radical (unpaired) electrons. The Morgan fingerprint density at radius 3 is 2.56 bits per heavy atom. The third-order valence-corrected chi connectivity index (χ3v) is 5.56. The predicted octanol–water partition coefficient (Wildman–Crippen LogP) is 4.25. The minimum Gasteiger partial charge on any atom is -0.335 e. The zero-order chi connectivity index (χ0) is 18.5. The van der Waals surface area contributed by atoms with Crippen LogP contribution >= 0.6 is 0 Å². The van der Waals surface area contributed by atoms with Crippen molar-refractivity contribution in [2.75, 3.05) is 13.1 Å². The molecule has 0 spiro atoms. The third-order valence-electron chi connectivity index (χ3n) is 5.56. The first-order valence-electron chi connectivity index (χ1n) is 10.2. The molecule has 0 saturated carbocycles. The minimum absolute atomic E-state index is 0.607. The van der Waals surface area contributed by atoms with Gasteiger partial charge in [-0.1, -0.05) is 25.5 Å². The number of likely N-dealkylation sites (tertiary alicyclic amines) is 1. The Morgan fingerprint density at radius 2 is 1.85 bits per heavy atom. The number of rotatable bonds is 7. The fourth-order valence-electron chi connectivity index (χ4n) is 3.98. The zero-order valence-electron chi connectivity index (χ0n) is 16.2. The van der Waals surface area contributed by atoms with Gasteiger partial charge < -0.3 is 4.57 Å². The van der Waals surface area contributed by atoms with Gasteiger partial charge in [0.2, 0.25) is 0 Å². The molecule has 1 saturated heterocycles. The van der Waals surface area contributed by atoms with E-state index in [9.17, 15) is 0 Å². The first-order chi connectivity index (χ1) is 13.3. The topological polar surface area (TPSA) is 38.9 Å². The van der Waals surface area contributed by atoms with Gasteiger partial charge in [-0.25, -0.2) is 9.67 Å². The predicted molar refractivity (Wildman–Crippen MR) is 108 cm³/mol. The number of unbranched alkanes of at least 4 members (excludes halogenated alkanes) is 1. The lowest BCUT2D eigenvalue weighted by molar-refractivity contribution is 0.200. The minimum atomic E-state index is 0.607. The van der Waals surface area contributed by atoms with E-state index in [4.69, 9.17) is 0 Å². The molecule has 0 aliphatic carbocycles. The first-order valence-corrected chi connectivity index (χ1v) is 10.2. The Hall–Kier alpha value is -2.40. The fraction of sp³-hybridized carbons (Fsp3) is 0.455. The van der Waals surface area contributed by atoms with Crippen LogP contribution < -0.4 is 0 Å². The van der Waals surface area contributed by atoms with E-state index in [1.807, 2.05) is 29.3 Å². The largest absolute Gasteiger partial charge is 0.335 e. The molecular formula is C22H29N5. The van der Waals surface area contributed by atoms with Crippen LogP contribution in [0.15, 0.2) is 55.1 Å². The van der Waals surface area contributed by atoms with Gasteiger partial charge in [0.05, 0.1) is 5.69 Å². The monoisotopic (exact) mass is 363 g/mol. The lowest BCUT2D eigenvalue weighted by Crippen LogP contribution is -2.33. The summed E-state index contributed by atoms with van der Waals surface area (Å²) >= 11 is 0. The summed E-state index contributed by atoms with van der Waals surface area (Å²) in [6, 6.07) is 10.7. The van der Waals surface area contributed by atoms with Crippen LogP contribution in [0.1, 0.15) is 49.9 Å². The van der Waals surface area contributed by atoms with Gasteiger partial charge >= 0.3 is 0 Å². The maximum Gasteiger partial charge on any atom is 0.111 e. The van der Waals surface area contributed by atoms with Crippen molar-refractivity contribution in [1.82, 2.24) is 24.2 Å². The summed E-state index contributed by atoms with van der Waals surface area (Å²) in [7, 11) is 0.